The molecule has 0 spiro atoms. The van der Waals surface area contributed by atoms with Crippen LogP contribution in [0, 0.1) is 0 Å². The van der Waals surface area contributed by atoms with E-state index in [1.54, 1.807) is 0 Å². The Morgan fingerprint density at radius 3 is 1.79 bits per heavy atom. The first-order valence-electron chi connectivity index (χ1n) is 11.4. The number of benzene rings is 5. The molecule has 0 N–H and O–H groups in total. The number of Topliss-reactive ketones (excluding diaryl/α,β-unsaturated/α-hetero) is 1. The fraction of sp³-hybridized carbons (Fsp3) is 0.0645. The van der Waals surface area contributed by atoms with Crippen LogP contribution in [0.5, 0.6) is 0 Å². The molecule has 0 radical (unpaired) electrons. The highest BCUT2D eigenvalue weighted by Crippen LogP contribution is 2.44. The van der Waals surface area contributed by atoms with Crippen LogP contribution in [0.4, 0.5) is 0 Å². The zero-order chi connectivity index (χ0) is 23.2. The first-order valence-corrected chi connectivity index (χ1v) is 12.7. The van der Waals surface area contributed by atoms with Crippen LogP contribution in [0.15, 0.2) is 133 Å². The molecule has 0 fully saturated rings. The highest BCUT2D eigenvalue weighted by molar-refractivity contribution is 7.68. The van der Waals surface area contributed by atoms with Gasteiger partial charge in [-0.25, -0.2) is 0 Å². The van der Waals surface area contributed by atoms with E-state index in [1.165, 1.54) is 0 Å². The van der Waals surface area contributed by atoms with Crippen molar-refractivity contribution in [1.82, 2.24) is 0 Å². The molecule has 0 aliphatic carbocycles. The van der Waals surface area contributed by atoms with Crippen molar-refractivity contribution in [3.05, 3.63) is 145 Å². The largest absolute Gasteiger partial charge is 0.341 e. The molecular weight excluding hydrogens is 435 g/mol. The number of carbonyl (C=O) groups is 1. The van der Waals surface area contributed by atoms with Gasteiger partial charge in [0, 0.05) is 22.6 Å². The van der Waals surface area contributed by atoms with E-state index in [2.05, 4.69) is 48.5 Å². The molecule has 0 heterocycles. The average Bonchev–Trinajstić information content (AvgIpc) is 2.92. The van der Waals surface area contributed by atoms with Gasteiger partial charge in [0.1, 0.15) is 0 Å². The molecule has 0 amide bonds. The van der Waals surface area contributed by atoms with Gasteiger partial charge in [0.05, 0.1) is 14.3 Å². The summed E-state index contributed by atoms with van der Waals surface area (Å²) in [5.74, 6) is 0.0783. The molecule has 0 unspecified atom stereocenters. The van der Waals surface area contributed by atoms with Gasteiger partial charge in [0.2, 0.25) is 0 Å². The van der Waals surface area contributed by atoms with E-state index < -0.39 is 8.15 Å². The maximum atomic E-state index is 13.3. The lowest BCUT2D eigenvalue weighted by molar-refractivity contribution is 0.0921. The van der Waals surface area contributed by atoms with Crippen LogP contribution in [0.2, 0.25) is 0 Å². The highest BCUT2D eigenvalue weighted by Gasteiger charge is 2.26. The topological polar surface area (TPSA) is 26.3 Å². The monoisotopic (exact) mass is 460 g/mol. The lowest BCUT2D eigenvalue weighted by Gasteiger charge is -2.26. The molecule has 5 aromatic carbocycles. The van der Waals surface area contributed by atoms with Gasteiger partial charge in [0.15, 0.2) is 5.78 Å². The van der Waals surface area contributed by atoms with Gasteiger partial charge in [-0.05, 0) is 16.3 Å². The minimum atomic E-state index is -1.12. The molecule has 3 heteroatoms. The maximum Gasteiger partial charge on any atom is 0.165 e. The molecule has 0 saturated heterocycles. The Balaban J connectivity index is 1.59. The van der Waals surface area contributed by atoms with Gasteiger partial charge in [-0.3, -0.25) is 4.79 Å². The molecular formula is C31H25O2P. The standard InChI is InChI=1S/C31H25O2P/c32-30(25-14-4-1-5-15-25)23-31(29-22-12-16-24-13-10-11-21-28(24)29)33-34(26-17-6-2-7-18-26)27-19-8-3-9-20-27/h1-22,31H,23H2/t31-/m0/s1. The summed E-state index contributed by atoms with van der Waals surface area (Å²) in [6, 6.07) is 44.7. The van der Waals surface area contributed by atoms with Crippen LogP contribution in [0.1, 0.15) is 28.4 Å². The van der Waals surface area contributed by atoms with E-state index >= 15 is 0 Å². The van der Waals surface area contributed by atoms with Crippen molar-refractivity contribution >= 4 is 35.3 Å². The van der Waals surface area contributed by atoms with Crippen molar-refractivity contribution in [3.8, 4) is 0 Å². The first-order chi connectivity index (χ1) is 16.8. The van der Waals surface area contributed by atoms with Gasteiger partial charge < -0.3 is 4.52 Å². The van der Waals surface area contributed by atoms with Crippen LogP contribution in [0.25, 0.3) is 10.8 Å². The van der Waals surface area contributed by atoms with Crippen LogP contribution in [-0.4, -0.2) is 5.78 Å². The van der Waals surface area contributed by atoms with Gasteiger partial charge >= 0.3 is 0 Å². The van der Waals surface area contributed by atoms with Gasteiger partial charge in [-0.2, -0.15) is 0 Å². The molecule has 34 heavy (non-hydrogen) atoms. The zero-order valence-corrected chi connectivity index (χ0v) is 19.6. The number of rotatable bonds is 8. The van der Waals surface area contributed by atoms with E-state index in [0.717, 1.165) is 26.9 Å². The predicted molar refractivity (Wildman–Crippen MR) is 142 cm³/mol. The van der Waals surface area contributed by atoms with E-state index in [0.29, 0.717) is 5.56 Å². The van der Waals surface area contributed by atoms with Crippen LogP contribution in [0.3, 0.4) is 0 Å². The second-order valence-electron chi connectivity index (χ2n) is 8.12. The van der Waals surface area contributed by atoms with Crippen molar-refractivity contribution in [3.63, 3.8) is 0 Å². The fourth-order valence-corrected chi connectivity index (χ4v) is 6.04. The molecule has 1 atom stereocenters. The Bertz CT molecular complexity index is 1320. The minimum Gasteiger partial charge on any atom is -0.341 e. The van der Waals surface area contributed by atoms with Crippen molar-refractivity contribution in [2.45, 2.75) is 12.5 Å². The zero-order valence-electron chi connectivity index (χ0n) is 18.7. The summed E-state index contributed by atoms with van der Waals surface area (Å²) in [6.45, 7) is 0. The normalized spacial score (nSPS) is 12.0. The molecule has 0 aliphatic rings. The third kappa shape index (κ3) is 4.99. The Kier molecular flexibility index (Phi) is 6.91. The summed E-state index contributed by atoms with van der Waals surface area (Å²) in [5, 5.41) is 4.51. The summed E-state index contributed by atoms with van der Waals surface area (Å²) in [7, 11) is -1.12. The number of hydrogen-bond acceptors (Lipinski definition) is 2. The Morgan fingerprint density at radius 2 is 1.15 bits per heavy atom. The smallest absolute Gasteiger partial charge is 0.165 e. The lowest BCUT2D eigenvalue weighted by Crippen LogP contribution is -2.18. The average molecular weight is 461 g/mol. The summed E-state index contributed by atoms with van der Waals surface area (Å²) in [6.07, 6.45) is -0.110. The second-order valence-corrected chi connectivity index (χ2v) is 9.95. The Morgan fingerprint density at radius 1 is 0.618 bits per heavy atom. The molecule has 0 aromatic heterocycles. The van der Waals surface area contributed by atoms with Crippen molar-refractivity contribution in [2.24, 2.45) is 0 Å². The number of fused-ring (bicyclic) bond motifs is 1. The van der Waals surface area contributed by atoms with Gasteiger partial charge in [-0.1, -0.05) is 133 Å². The van der Waals surface area contributed by atoms with E-state index in [1.807, 2.05) is 84.9 Å². The minimum absolute atomic E-state index is 0.0783. The molecule has 0 bridgehead atoms. The van der Waals surface area contributed by atoms with Crippen molar-refractivity contribution < 1.29 is 9.32 Å². The Labute approximate surface area is 201 Å². The van der Waals surface area contributed by atoms with Gasteiger partial charge in [0.25, 0.3) is 0 Å². The molecule has 0 aliphatic heterocycles. The first kappa shape index (κ1) is 22.2. The molecule has 166 valence electrons. The van der Waals surface area contributed by atoms with E-state index in [4.69, 9.17) is 4.52 Å². The highest BCUT2D eigenvalue weighted by atomic mass is 31.1. The Hall–Kier alpha value is -3.58. The molecule has 5 rings (SSSR count). The second kappa shape index (κ2) is 10.6. The van der Waals surface area contributed by atoms with Crippen LogP contribution in [-0.2, 0) is 4.52 Å². The third-order valence-electron chi connectivity index (χ3n) is 5.85. The van der Waals surface area contributed by atoms with Crippen LogP contribution < -0.4 is 10.6 Å². The quantitative estimate of drug-likeness (QED) is 0.181. The van der Waals surface area contributed by atoms with Crippen molar-refractivity contribution in [2.75, 3.05) is 0 Å². The third-order valence-corrected chi connectivity index (χ3v) is 7.85. The number of ketones is 1. The summed E-state index contributed by atoms with van der Waals surface area (Å²) in [4.78, 5) is 13.3. The summed E-state index contributed by atoms with van der Waals surface area (Å²) >= 11 is 0. The van der Waals surface area contributed by atoms with E-state index in [-0.39, 0.29) is 18.3 Å². The molecule has 5 aromatic rings. The lowest BCUT2D eigenvalue weighted by atomic mass is 9.96. The molecule has 2 nitrogen and oxygen atoms in total. The number of carbonyl (C=O) groups excluding carboxylic acids is 1. The SMILES string of the molecule is O=C(C[C@H](OP(c1ccccc1)c1ccccc1)c1cccc2ccccc12)c1ccccc1. The maximum absolute atomic E-state index is 13.3. The fourth-order valence-electron chi connectivity index (χ4n) is 4.17. The van der Waals surface area contributed by atoms with Crippen molar-refractivity contribution in [1.29, 1.82) is 0 Å². The predicted octanol–water partition coefficient (Wildman–Crippen LogP) is 7.22. The molecule has 0 saturated carbocycles. The van der Waals surface area contributed by atoms with Gasteiger partial charge in [-0.15, -0.1) is 0 Å². The summed E-state index contributed by atoms with van der Waals surface area (Å²) < 4.78 is 6.95. The van der Waals surface area contributed by atoms with E-state index in [9.17, 15) is 4.79 Å². The summed E-state index contributed by atoms with van der Waals surface area (Å²) in [5.41, 5.74) is 1.75. The number of hydrogen-bond donors (Lipinski definition) is 0. The van der Waals surface area contributed by atoms with Crippen LogP contribution >= 0.6 is 8.15 Å².